The SMILES string of the molecule is C=CCN(Cn1nnc2ccccc21)C(=O)C1N([C@@H](CO)Cc2ccccc2)C(=O)[C@@H]2[C@@H](C(=O)N(CC=C)Cc3ccccc3)[C@]3(C)OC12CC3C. The normalized spacial score (nSPS) is 26.7. The quantitative estimate of drug-likeness (QED) is 0.195. The molecule has 4 aromatic rings. The topological polar surface area (TPSA) is 121 Å². The van der Waals surface area contributed by atoms with Gasteiger partial charge in [-0.15, -0.1) is 18.3 Å². The molecule has 11 heteroatoms. The summed E-state index contributed by atoms with van der Waals surface area (Å²) in [7, 11) is 0. The van der Waals surface area contributed by atoms with Crippen LogP contribution in [0.3, 0.4) is 0 Å². The highest BCUT2D eigenvalue weighted by molar-refractivity contribution is 5.99. The van der Waals surface area contributed by atoms with Crippen molar-refractivity contribution in [3.8, 4) is 0 Å². The standard InChI is InChI=1S/C41H46N6O5/c1-5-21-44(25-30-17-11-8-12-18-30)37(49)34-35-38(50)47(31(26-48)23-29-15-9-7-10-16-29)36(41(35)24-28(3)40(34,4)52-41)39(51)45(22-6-2)27-46-33-20-14-13-19-32(33)42-43-46/h5-20,28,31,34-36,48H,1-2,21-27H2,3-4H3/t28?,31-,34+,35+,36?,40-,41?/m1/s1. The fourth-order valence-corrected chi connectivity index (χ4v) is 8.98. The van der Waals surface area contributed by atoms with E-state index in [0.29, 0.717) is 24.9 Å². The van der Waals surface area contributed by atoms with Crippen molar-refractivity contribution in [2.45, 2.75) is 63.2 Å². The van der Waals surface area contributed by atoms with Crippen molar-refractivity contribution in [3.05, 3.63) is 121 Å². The van der Waals surface area contributed by atoms with Gasteiger partial charge in [0.05, 0.1) is 35.6 Å². The van der Waals surface area contributed by atoms with Gasteiger partial charge in [0, 0.05) is 19.6 Å². The molecule has 2 bridgehead atoms. The fraction of sp³-hybridized carbons (Fsp3) is 0.390. The Morgan fingerprint density at radius 3 is 2.27 bits per heavy atom. The number of aliphatic hydroxyl groups excluding tert-OH is 1. The number of carbonyl (C=O) groups is 3. The van der Waals surface area contributed by atoms with Gasteiger partial charge >= 0.3 is 0 Å². The van der Waals surface area contributed by atoms with Crippen LogP contribution in [0.4, 0.5) is 0 Å². The molecule has 3 fully saturated rings. The van der Waals surface area contributed by atoms with Crippen molar-refractivity contribution in [2.24, 2.45) is 17.8 Å². The van der Waals surface area contributed by atoms with Gasteiger partial charge in [-0.25, -0.2) is 4.68 Å². The minimum Gasteiger partial charge on any atom is -0.394 e. The van der Waals surface area contributed by atoms with Gasteiger partial charge in [-0.3, -0.25) is 14.4 Å². The van der Waals surface area contributed by atoms with Crippen molar-refractivity contribution in [1.29, 1.82) is 0 Å². The number of rotatable bonds is 14. The molecule has 7 atom stereocenters. The van der Waals surface area contributed by atoms with E-state index in [2.05, 4.69) is 23.5 Å². The molecule has 52 heavy (non-hydrogen) atoms. The van der Waals surface area contributed by atoms with Gasteiger partial charge in [-0.05, 0) is 48.9 Å². The highest BCUT2D eigenvalue weighted by Gasteiger charge is 2.80. The Morgan fingerprint density at radius 1 is 0.962 bits per heavy atom. The molecular weight excluding hydrogens is 656 g/mol. The van der Waals surface area contributed by atoms with E-state index in [4.69, 9.17) is 4.74 Å². The lowest BCUT2D eigenvalue weighted by molar-refractivity contribution is -0.158. The molecule has 3 amide bonds. The largest absolute Gasteiger partial charge is 0.394 e. The van der Waals surface area contributed by atoms with Gasteiger partial charge in [0.2, 0.25) is 17.7 Å². The second-order valence-electron chi connectivity index (χ2n) is 14.5. The number of carbonyl (C=O) groups excluding carboxylic acids is 3. The van der Waals surface area contributed by atoms with Crippen LogP contribution in [0, 0.1) is 17.8 Å². The summed E-state index contributed by atoms with van der Waals surface area (Å²) in [4.78, 5) is 50.2. The van der Waals surface area contributed by atoms with Crippen LogP contribution in [0.5, 0.6) is 0 Å². The molecule has 0 aliphatic carbocycles. The molecule has 0 radical (unpaired) electrons. The number of nitrogens with zero attached hydrogens (tertiary/aromatic N) is 6. The number of fused-ring (bicyclic) bond motifs is 2. The predicted molar refractivity (Wildman–Crippen MR) is 196 cm³/mol. The molecule has 11 nitrogen and oxygen atoms in total. The molecule has 3 aliphatic rings. The van der Waals surface area contributed by atoms with Gasteiger partial charge in [0.15, 0.2) is 0 Å². The van der Waals surface area contributed by atoms with Gasteiger partial charge < -0.3 is 24.5 Å². The van der Waals surface area contributed by atoms with Gasteiger partial charge in [-0.1, -0.05) is 97.1 Å². The minimum atomic E-state index is -1.32. The van der Waals surface area contributed by atoms with Crippen LogP contribution in [0.1, 0.15) is 31.4 Å². The summed E-state index contributed by atoms with van der Waals surface area (Å²) in [6.07, 6.45) is 4.04. The van der Waals surface area contributed by atoms with E-state index in [9.17, 15) is 9.90 Å². The molecule has 1 N–H and O–H groups in total. The van der Waals surface area contributed by atoms with Crippen LogP contribution in [-0.4, -0.2) is 95.5 Å². The Bertz CT molecular complexity index is 1970. The summed E-state index contributed by atoms with van der Waals surface area (Å²) < 4.78 is 8.74. The van der Waals surface area contributed by atoms with Crippen LogP contribution < -0.4 is 0 Å². The molecule has 3 saturated heterocycles. The maximum absolute atomic E-state index is 15.3. The number of ether oxygens (including phenoxy) is 1. The number of aliphatic hydroxyl groups is 1. The van der Waals surface area contributed by atoms with Gasteiger partial charge in [0.1, 0.15) is 23.8 Å². The van der Waals surface area contributed by atoms with E-state index >= 15 is 9.59 Å². The minimum absolute atomic E-state index is 0.0481. The zero-order valence-corrected chi connectivity index (χ0v) is 29.8. The maximum Gasteiger partial charge on any atom is 0.250 e. The van der Waals surface area contributed by atoms with Gasteiger partial charge in [-0.2, -0.15) is 0 Å². The fourth-order valence-electron chi connectivity index (χ4n) is 8.98. The first-order valence-corrected chi connectivity index (χ1v) is 18.0. The summed E-state index contributed by atoms with van der Waals surface area (Å²) in [5.74, 6) is -2.90. The molecular formula is C41H46N6O5. The van der Waals surface area contributed by atoms with E-state index in [0.717, 1.165) is 16.6 Å². The van der Waals surface area contributed by atoms with Gasteiger partial charge in [0.25, 0.3) is 0 Å². The number of para-hydroxylation sites is 1. The third-order valence-corrected chi connectivity index (χ3v) is 11.4. The van der Waals surface area contributed by atoms with Crippen molar-refractivity contribution in [2.75, 3.05) is 19.7 Å². The third-order valence-electron chi connectivity index (χ3n) is 11.4. The summed E-state index contributed by atoms with van der Waals surface area (Å²) in [6.45, 7) is 12.2. The summed E-state index contributed by atoms with van der Waals surface area (Å²) in [6, 6.07) is 24.9. The molecule has 1 spiro atoms. The monoisotopic (exact) mass is 702 g/mol. The van der Waals surface area contributed by atoms with E-state index in [1.807, 2.05) is 98.8 Å². The second kappa shape index (κ2) is 14.1. The Labute approximate surface area is 304 Å². The molecule has 4 heterocycles. The van der Waals surface area contributed by atoms with E-state index < -0.39 is 35.1 Å². The van der Waals surface area contributed by atoms with Crippen molar-refractivity contribution in [1.82, 2.24) is 29.7 Å². The smallest absolute Gasteiger partial charge is 0.250 e. The molecule has 1 aromatic heterocycles. The van der Waals surface area contributed by atoms with Crippen molar-refractivity contribution >= 4 is 28.8 Å². The first-order chi connectivity index (χ1) is 25.2. The first kappa shape index (κ1) is 35.3. The number of aromatic nitrogens is 3. The van der Waals surface area contributed by atoms with Crippen LogP contribution in [0.25, 0.3) is 11.0 Å². The Balaban J connectivity index is 1.32. The van der Waals surface area contributed by atoms with Crippen LogP contribution in [-0.2, 0) is 38.8 Å². The maximum atomic E-state index is 15.3. The second-order valence-corrected chi connectivity index (χ2v) is 14.5. The number of amides is 3. The lowest BCUT2D eigenvalue weighted by atomic mass is 9.62. The molecule has 3 aliphatic heterocycles. The van der Waals surface area contributed by atoms with Crippen LogP contribution in [0.15, 0.2) is 110 Å². The number of hydrogen-bond donors (Lipinski definition) is 1. The molecule has 0 saturated carbocycles. The highest BCUT2D eigenvalue weighted by atomic mass is 16.5. The highest BCUT2D eigenvalue weighted by Crippen LogP contribution is 2.66. The predicted octanol–water partition coefficient (Wildman–Crippen LogP) is 4.23. The Morgan fingerprint density at radius 2 is 1.60 bits per heavy atom. The lowest BCUT2D eigenvalue weighted by Crippen LogP contribution is -2.59. The average Bonchev–Trinajstić information content (AvgIpc) is 3.83. The summed E-state index contributed by atoms with van der Waals surface area (Å²) in [5.41, 5.74) is 0.966. The number of benzene rings is 3. The first-order valence-electron chi connectivity index (χ1n) is 18.0. The molecule has 270 valence electrons. The van der Waals surface area contributed by atoms with Crippen molar-refractivity contribution < 1.29 is 24.2 Å². The van der Waals surface area contributed by atoms with E-state index in [1.165, 1.54) is 0 Å². The Kier molecular flexibility index (Phi) is 9.58. The van der Waals surface area contributed by atoms with E-state index in [1.54, 1.807) is 31.5 Å². The lowest BCUT2D eigenvalue weighted by Gasteiger charge is -2.39. The zero-order chi connectivity index (χ0) is 36.6. The molecule has 3 aromatic carbocycles. The Hall–Kier alpha value is -5.13. The van der Waals surface area contributed by atoms with Crippen molar-refractivity contribution in [3.63, 3.8) is 0 Å². The van der Waals surface area contributed by atoms with Crippen LogP contribution >= 0.6 is 0 Å². The third kappa shape index (κ3) is 5.81. The summed E-state index contributed by atoms with van der Waals surface area (Å²) >= 11 is 0. The van der Waals surface area contributed by atoms with E-state index in [-0.39, 0.29) is 50.0 Å². The van der Waals surface area contributed by atoms with Crippen LogP contribution in [0.2, 0.25) is 0 Å². The molecule has 7 rings (SSSR count). The average molecular weight is 703 g/mol. The number of hydrogen-bond acceptors (Lipinski definition) is 7. The number of likely N-dealkylation sites (tertiary alicyclic amines) is 1. The summed E-state index contributed by atoms with van der Waals surface area (Å²) in [5, 5.41) is 19.6. The zero-order valence-electron chi connectivity index (χ0n) is 29.8. The molecule has 3 unspecified atom stereocenters.